The van der Waals surface area contributed by atoms with E-state index >= 15 is 0 Å². The third kappa shape index (κ3) is 17.5. The smallest absolute Gasteiger partial charge is 0.334 e. The molecule has 3 saturated heterocycles. The zero-order valence-electron chi connectivity index (χ0n) is 36.0. The van der Waals surface area contributed by atoms with Crippen LogP contribution >= 0.6 is 0 Å². The maximum Gasteiger partial charge on any atom is 0.334 e. The minimum absolute atomic E-state index is 0.0882. The molecule has 0 N–H and O–H groups in total. The number of esters is 1. The van der Waals surface area contributed by atoms with Crippen LogP contribution in [0.4, 0.5) is 0 Å². The fourth-order valence-electron chi connectivity index (χ4n) is 9.01. The van der Waals surface area contributed by atoms with Crippen molar-refractivity contribution in [3.8, 4) is 0 Å². The number of carbonyl (C=O) groups is 1. The normalized spacial score (nSPS) is 29.3. The molecule has 4 aliphatic rings. The molecule has 9 atom stereocenters. The summed E-state index contributed by atoms with van der Waals surface area (Å²) in [5.74, 6) is -0.167. The number of carbonyl (C=O) groups excluding carboxylic acids is 1. The number of hydrogen-bond acceptors (Lipinski definition) is 8. The van der Waals surface area contributed by atoms with Crippen LogP contribution in [0.15, 0.2) is 11.6 Å². The van der Waals surface area contributed by atoms with Crippen LogP contribution in [0.2, 0.25) is 39.3 Å². The molecule has 0 aromatic carbocycles. The Morgan fingerprint density at radius 3 is 1.83 bits per heavy atom. The first-order chi connectivity index (χ1) is 25.8. The predicted molar refractivity (Wildman–Crippen MR) is 224 cm³/mol. The molecule has 0 aromatic heterocycles. The van der Waals surface area contributed by atoms with Gasteiger partial charge in [-0.25, -0.2) is 4.79 Å². The first-order valence-corrected chi connectivity index (χ1v) is 29.4. The van der Waals surface area contributed by atoms with E-state index < -0.39 is 16.6 Å². The third-order valence-electron chi connectivity index (χ3n) is 11.6. The number of cyclic esters (lactones) is 1. The summed E-state index contributed by atoms with van der Waals surface area (Å²) in [6.45, 7) is 18.2. The van der Waals surface area contributed by atoms with Gasteiger partial charge in [0.25, 0.3) is 0 Å². The second-order valence-electron chi connectivity index (χ2n) is 19.0. The summed E-state index contributed by atoms with van der Waals surface area (Å²) in [5, 5.41) is 0. The van der Waals surface area contributed by atoms with Crippen LogP contribution in [0, 0.1) is 0 Å². The van der Waals surface area contributed by atoms with Crippen LogP contribution in [-0.4, -0.2) is 84.3 Å². The molecule has 4 heterocycles. The van der Waals surface area contributed by atoms with Gasteiger partial charge in [0.15, 0.2) is 16.6 Å². The Hall–Kier alpha value is -0.596. The fraction of sp³-hybridized carbons (Fsp3) is 0.932. The van der Waals surface area contributed by atoms with Gasteiger partial charge in [-0.05, 0) is 110 Å². The lowest BCUT2D eigenvalue weighted by Crippen LogP contribution is -2.40. The Morgan fingerprint density at radius 2 is 1.22 bits per heavy atom. The summed E-state index contributed by atoms with van der Waals surface area (Å²) in [7, 11) is -3.38. The number of hydrogen-bond donors (Lipinski definition) is 0. The van der Waals surface area contributed by atoms with Gasteiger partial charge in [-0.15, -0.1) is 0 Å². The van der Waals surface area contributed by atoms with E-state index in [0.717, 1.165) is 69.8 Å². The number of unbranched alkanes of at least 4 members (excludes halogenated alkanes) is 11. The summed E-state index contributed by atoms with van der Waals surface area (Å²) in [4.78, 5) is 12.2. The largest absolute Gasteiger partial charge is 0.455 e. The maximum atomic E-state index is 12.2. The summed E-state index contributed by atoms with van der Waals surface area (Å²) in [6.07, 6.45) is 30.1. The van der Waals surface area contributed by atoms with Gasteiger partial charge in [0.1, 0.15) is 12.9 Å². The van der Waals surface area contributed by atoms with E-state index in [0.29, 0.717) is 19.3 Å². The molecule has 0 aliphatic carbocycles. The highest BCUT2D eigenvalue weighted by Gasteiger charge is 2.41. The molecule has 3 fully saturated rings. The van der Waals surface area contributed by atoms with E-state index in [1.54, 1.807) is 0 Å². The lowest BCUT2D eigenvalue weighted by Gasteiger charge is -2.31. The number of rotatable bonds is 26. The van der Waals surface area contributed by atoms with E-state index in [2.05, 4.69) is 46.2 Å². The highest BCUT2D eigenvalue weighted by atomic mass is 28.4. The maximum absolute atomic E-state index is 12.2. The van der Waals surface area contributed by atoms with Crippen LogP contribution < -0.4 is 0 Å². The highest BCUT2D eigenvalue weighted by Crippen LogP contribution is 2.35. The van der Waals surface area contributed by atoms with Crippen molar-refractivity contribution in [1.29, 1.82) is 0 Å². The van der Waals surface area contributed by atoms with E-state index in [1.165, 1.54) is 77.0 Å². The molecule has 0 aromatic rings. The summed E-state index contributed by atoms with van der Waals surface area (Å²) >= 11 is 0. The highest BCUT2D eigenvalue weighted by molar-refractivity contribution is 6.70. The molecule has 10 heteroatoms. The van der Waals surface area contributed by atoms with Crippen LogP contribution in [0.1, 0.15) is 162 Å². The van der Waals surface area contributed by atoms with Crippen molar-refractivity contribution < 1.29 is 37.3 Å². The van der Waals surface area contributed by atoms with Gasteiger partial charge in [0.05, 0.1) is 42.7 Å². The van der Waals surface area contributed by atoms with Crippen molar-refractivity contribution >= 4 is 22.6 Å². The van der Waals surface area contributed by atoms with E-state index in [4.69, 9.17) is 32.5 Å². The van der Waals surface area contributed by atoms with Gasteiger partial charge in [0.2, 0.25) is 0 Å². The van der Waals surface area contributed by atoms with Crippen LogP contribution in [-0.2, 0) is 37.3 Å². The molecule has 314 valence electrons. The molecule has 0 radical (unpaired) electrons. The average Bonchev–Trinajstić information content (AvgIpc) is 3.80. The molecule has 0 bridgehead atoms. The Morgan fingerprint density at radius 1 is 0.667 bits per heavy atom. The Balaban J connectivity index is 1.09. The molecule has 8 nitrogen and oxygen atoms in total. The van der Waals surface area contributed by atoms with E-state index in [9.17, 15) is 4.79 Å². The zero-order valence-corrected chi connectivity index (χ0v) is 38.0. The molecule has 0 saturated carbocycles. The fourth-order valence-corrected chi connectivity index (χ4v) is 11.4. The number of ether oxygens (including phenoxy) is 5. The van der Waals surface area contributed by atoms with Gasteiger partial charge in [-0.1, -0.05) is 90.4 Å². The van der Waals surface area contributed by atoms with Gasteiger partial charge in [-0.2, -0.15) is 0 Å². The predicted octanol–water partition coefficient (Wildman–Crippen LogP) is 11.6. The minimum Gasteiger partial charge on any atom is -0.455 e. The Labute approximate surface area is 333 Å². The summed E-state index contributed by atoms with van der Waals surface area (Å²) < 4.78 is 44.5. The SMILES string of the molecule is CCCCCCCCCC[C@@H](O[Si](C)(C)C)[C@H]1CC[C@H]([C@H]2CC[C@@H]([C@@H]3CC[C@@H](CCCCCCC[C@H](CC4=C[C@H](C)OC4=O)O[Si](C)(C)C)O3)OCO2)O1. The first-order valence-electron chi connectivity index (χ1n) is 22.6. The van der Waals surface area contributed by atoms with Crippen molar-refractivity contribution in [3.05, 3.63) is 11.6 Å². The third-order valence-corrected chi connectivity index (χ3v) is 13.7. The van der Waals surface area contributed by atoms with Crippen LogP contribution in [0.25, 0.3) is 0 Å². The summed E-state index contributed by atoms with van der Waals surface area (Å²) in [5.41, 5.74) is 0.791. The van der Waals surface area contributed by atoms with Crippen molar-refractivity contribution in [2.75, 3.05) is 6.79 Å². The lowest BCUT2D eigenvalue weighted by molar-refractivity contribution is -0.154. The van der Waals surface area contributed by atoms with Crippen molar-refractivity contribution in [2.45, 2.75) is 256 Å². The molecule has 54 heavy (non-hydrogen) atoms. The zero-order chi connectivity index (χ0) is 39.0. The topological polar surface area (TPSA) is 81.7 Å². The standard InChI is InChI=1S/C44H82O8Si2/c1-9-10-11-12-13-14-18-21-24-43(52-54(6,7)8)42-30-29-41(50-42)39-28-27-38(46-33-47-39)40-26-25-36(49-40)22-19-16-15-17-20-23-37(51-53(3,4)5)32-35-31-34(2)48-44(35)45/h31,34,36-43H,9-30,32-33H2,1-8H3/t34-,36+,37+,38-,39+,40-,41+,42+,43+/m0/s1. The van der Waals surface area contributed by atoms with Crippen molar-refractivity contribution in [3.63, 3.8) is 0 Å². The van der Waals surface area contributed by atoms with E-state index in [-0.39, 0.29) is 54.8 Å². The van der Waals surface area contributed by atoms with Crippen LogP contribution in [0.3, 0.4) is 0 Å². The molecule has 4 aliphatic heterocycles. The lowest BCUT2D eigenvalue weighted by atomic mass is 9.98. The van der Waals surface area contributed by atoms with E-state index in [1.807, 2.05) is 13.0 Å². The second kappa shape index (κ2) is 23.7. The monoisotopic (exact) mass is 795 g/mol. The van der Waals surface area contributed by atoms with Gasteiger partial charge in [-0.3, -0.25) is 0 Å². The van der Waals surface area contributed by atoms with Crippen molar-refractivity contribution in [1.82, 2.24) is 0 Å². The molecule has 0 spiro atoms. The van der Waals surface area contributed by atoms with Gasteiger partial charge in [0, 0.05) is 18.1 Å². The van der Waals surface area contributed by atoms with Gasteiger partial charge < -0.3 is 32.5 Å². The average molecular weight is 795 g/mol. The molecule has 4 rings (SSSR count). The minimum atomic E-state index is -1.70. The Kier molecular flexibility index (Phi) is 20.2. The Bertz CT molecular complexity index is 1090. The second-order valence-corrected chi connectivity index (χ2v) is 27.9. The molecular weight excluding hydrogens is 713 g/mol. The van der Waals surface area contributed by atoms with Crippen LogP contribution in [0.5, 0.6) is 0 Å². The quantitative estimate of drug-likeness (QED) is 0.0486. The molecular formula is C44H82O8Si2. The summed E-state index contributed by atoms with van der Waals surface area (Å²) in [6, 6.07) is 0. The first kappa shape index (κ1) is 46.1. The molecule has 0 amide bonds. The van der Waals surface area contributed by atoms with Gasteiger partial charge >= 0.3 is 5.97 Å². The molecule has 0 unspecified atom stereocenters. The van der Waals surface area contributed by atoms with Crippen molar-refractivity contribution in [2.24, 2.45) is 0 Å².